The molecule has 2 rings (SSSR count). The molecule has 0 atom stereocenters. The van der Waals surface area contributed by atoms with Crippen molar-refractivity contribution in [1.29, 1.82) is 0 Å². The Bertz CT molecular complexity index is 465. The minimum absolute atomic E-state index is 0.00279. The van der Waals surface area contributed by atoms with Crippen LogP contribution in [0.3, 0.4) is 0 Å². The first-order valence-electron chi connectivity index (χ1n) is 6.25. The molecule has 4 heteroatoms. The van der Waals surface area contributed by atoms with Crippen LogP contribution >= 0.6 is 0 Å². The molecule has 0 radical (unpaired) electrons. The van der Waals surface area contributed by atoms with Crippen LogP contribution in [0.5, 0.6) is 0 Å². The summed E-state index contributed by atoms with van der Waals surface area (Å²) in [6.07, 6.45) is 6.09. The zero-order chi connectivity index (χ0) is 13.5. The smallest absolute Gasteiger partial charge is 0.220 e. The highest BCUT2D eigenvalue weighted by Gasteiger charge is 2.20. The van der Waals surface area contributed by atoms with Crippen molar-refractivity contribution >= 4 is 5.91 Å². The number of hydrogen-bond acceptors (Lipinski definition) is 3. The molecule has 4 nitrogen and oxygen atoms in total. The van der Waals surface area contributed by atoms with Crippen LogP contribution in [-0.4, -0.2) is 12.5 Å². The highest BCUT2D eigenvalue weighted by Crippen LogP contribution is 2.24. The second-order valence-electron chi connectivity index (χ2n) is 4.21. The zero-order valence-electron chi connectivity index (χ0n) is 10.7. The maximum atomic E-state index is 11.6. The molecule has 0 saturated carbocycles. The largest absolute Gasteiger partial charge is 0.469 e. The number of nitrogens with one attached hydrogen (secondary N) is 1. The number of amides is 1. The van der Waals surface area contributed by atoms with Gasteiger partial charge in [0, 0.05) is 13.0 Å². The summed E-state index contributed by atoms with van der Waals surface area (Å²) in [7, 11) is 0. The molecular weight excluding hydrogens is 242 g/mol. The Morgan fingerprint density at radius 3 is 2.37 bits per heavy atom. The maximum absolute atomic E-state index is 11.6. The van der Waals surface area contributed by atoms with Gasteiger partial charge in [0.15, 0.2) is 0 Å². The summed E-state index contributed by atoms with van der Waals surface area (Å²) in [5, 5.41) is 2.89. The fourth-order valence-corrected chi connectivity index (χ4v) is 1.86. The molecule has 0 unspecified atom stereocenters. The van der Waals surface area contributed by atoms with Gasteiger partial charge in [-0.2, -0.15) is 0 Å². The first-order chi connectivity index (χ1) is 9.31. The van der Waals surface area contributed by atoms with Crippen LogP contribution in [-0.2, 0) is 4.79 Å². The van der Waals surface area contributed by atoms with E-state index in [0.717, 1.165) is 11.5 Å². The third kappa shape index (κ3) is 3.61. The van der Waals surface area contributed by atoms with Crippen molar-refractivity contribution in [3.05, 3.63) is 61.0 Å². The van der Waals surface area contributed by atoms with E-state index in [2.05, 4.69) is 11.9 Å². The van der Waals surface area contributed by atoms with E-state index in [1.54, 1.807) is 18.6 Å². The Morgan fingerprint density at radius 2 is 1.89 bits per heavy atom. The summed E-state index contributed by atoms with van der Waals surface area (Å²) < 4.78 is 10.8. The molecule has 0 aliphatic heterocycles. The van der Waals surface area contributed by atoms with Gasteiger partial charge in [-0.1, -0.05) is 6.08 Å². The quantitative estimate of drug-likeness (QED) is 0.777. The van der Waals surface area contributed by atoms with Crippen molar-refractivity contribution < 1.29 is 13.6 Å². The average molecular weight is 259 g/mol. The molecule has 0 aromatic carbocycles. The van der Waals surface area contributed by atoms with Gasteiger partial charge in [0.25, 0.3) is 0 Å². The second kappa shape index (κ2) is 6.64. The number of furan rings is 2. The SMILES string of the molecule is C=CCCC(=O)NCC(c1ccco1)c1ccco1. The Labute approximate surface area is 112 Å². The maximum Gasteiger partial charge on any atom is 0.220 e. The number of carbonyl (C=O) groups excluding carboxylic acids is 1. The third-order valence-electron chi connectivity index (χ3n) is 2.85. The highest BCUT2D eigenvalue weighted by molar-refractivity contribution is 5.76. The standard InChI is InChI=1S/C15H17NO3/c1-2-3-8-15(17)16-11-12(13-6-4-9-18-13)14-7-5-10-19-14/h2,4-7,9-10,12H,1,3,8,11H2,(H,16,17). The van der Waals surface area contributed by atoms with Crippen LogP contribution in [0.1, 0.15) is 30.3 Å². The lowest BCUT2D eigenvalue weighted by molar-refractivity contribution is -0.121. The average Bonchev–Trinajstić information content (AvgIpc) is 3.09. The Kier molecular flexibility index (Phi) is 4.61. The molecular formula is C15H17NO3. The Morgan fingerprint density at radius 1 is 1.26 bits per heavy atom. The van der Waals surface area contributed by atoms with Gasteiger partial charge in [0.2, 0.25) is 5.91 Å². The van der Waals surface area contributed by atoms with Gasteiger partial charge in [-0.25, -0.2) is 0 Å². The first-order valence-corrected chi connectivity index (χ1v) is 6.25. The van der Waals surface area contributed by atoms with E-state index in [9.17, 15) is 4.79 Å². The van der Waals surface area contributed by atoms with E-state index < -0.39 is 0 Å². The van der Waals surface area contributed by atoms with Gasteiger partial charge in [-0.15, -0.1) is 6.58 Å². The molecule has 1 N–H and O–H groups in total. The zero-order valence-corrected chi connectivity index (χ0v) is 10.7. The third-order valence-corrected chi connectivity index (χ3v) is 2.85. The lowest BCUT2D eigenvalue weighted by Crippen LogP contribution is -2.28. The van der Waals surface area contributed by atoms with Crippen molar-refractivity contribution in [2.45, 2.75) is 18.8 Å². The Hall–Kier alpha value is -2.23. The predicted octanol–water partition coefficient (Wildman–Crippen LogP) is 3.09. The van der Waals surface area contributed by atoms with Crippen molar-refractivity contribution in [3.8, 4) is 0 Å². The van der Waals surface area contributed by atoms with Crippen LogP contribution in [0.15, 0.2) is 58.3 Å². The van der Waals surface area contributed by atoms with Gasteiger partial charge < -0.3 is 14.2 Å². The van der Waals surface area contributed by atoms with Gasteiger partial charge in [-0.05, 0) is 30.7 Å². The summed E-state index contributed by atoms with van der Waals surface area (Å²) in [6.45, 7) is 4.05. The number of hydrogen-bond donors (Lipinski definition) is 1. The van der Waals surface area contributed by atoms with Crippen LogP contribution in [0.25, 0.3) is 0 Å². The van der Waals surface area contributed by atoms with Crippen molar-refractivity contribution in [2.24, 2.45) is 0 Å². The topological polar surface area (TPSA) is 55.4 Å². The predicted molar refractivity (Wildman–Crippen MR) is 71.7 cm³/mol. The molecule has 2 aromatic heterocycles. The molecule has 2 aromatic rings. The van der Waals surface area contributed by atoms with Crippen LogP contribution in [0.4, 0.5) is 0 Å². The highest BCUT2D eigenvalue weighted by atomic mass is 16.3. The normalized spacial score (nSPS) is 10.6. The fourth-order valence-electron chi connectivity index (χ4n) is 1.86. The number of rotatable bonds is 7. The molecule has 0 fully saturated rings. The number of allylic oxidation sites excluding steroid dienone is 1. The van der Waals surface area contributed by atoms with E-state index >= 15 is 0 Å². The molecule has 2 heterocycles. The molecule has 0 aliphatic carbocycles. The first kappa shape index (κ1) is 13.2. The minimum atomic E-state index is -0.0994. The lowest BCUT2D eigenvalue weighted by atomic mass is 10.0. The molecule has 1 amide bonds. The molecule has 19 heavy (non-hydrogen) atoms. The van der Waals surface area contributed by atoms with Crippen molar-refractivity contribution in [3.63, 3.8) is 0 Å². The lowest BCUT2D eigenvalue weighted by Gasteiger charge is -2.13. The van der Waals surface area contributed by atoms with Crippen molar-refractivity contribution in [1.82, 2.24) is 5.32 Å². The summed E-state index contributed by atoms with van der Waals surface area (Å²) in [4.78, 5) is 11.6. The minimum Gasteiger partial charge on any atom is -0.469 e. The van der Waals surface area contributed by atoms with Gasteiger partial charge in [-0.3, -0.25) is 4.79 Å². The van der Waals surface area contributed by atoms with E-state index in [0.29, 0.717) is 19.4 Å². The summed E-state index contributed by atoms with van der Waals surface area (Å²) >= 11 is 0. The van der Waals surface area contributed by atoms with Crippen LogP contribution < -0.4 is 5.32 Å². The van der Waals surface area contributed by atoms with E-state index in [4.69, 9.17) is 8.83 Å². The van der Waals surface area contributed by atoms with Crippen LogP contribution in [0.2, 0.25) is 0 Å². The summed E-state index contributed by atoms with van der Waals surface area (Å²) in [6, 6.07) is 7.40. The second-order valence-corrected chi connectivity index (χ2v) is 4.21. The molecule has 0 aliphatic rings. The van der Waals surface area contributed by atoms with Crippen molar-refractivity contribution in [2.75, 3.05) is 6.54 Å². The monoisotopic (exact) mass is 259 g/mol. The van der Waals surface area contributed by atoms with Gasteiger partial charge in [0.05, 0.1) is 18.4 Å². The number of carbonyl (C=O) groups is 1. The Balaban J connectivity index is 2.00. The van der Waals surface area contributed by atoms with Crippen LogP contribution in [0, 0.1) is 0 Å². The fraction of sp³-hybridized carbons (Fsp3) is 0.267. The molecule has 0 saturated heterocycles. The molecule has 0 spiro atoms. The van der Waals surface area contributed by atoms with Gasteiger partial charge >= 0.3 is 0 Å². The summed E-state index contributed by atoms with van der Waals surface area (Å²) in [5.41, 5.74) is 0. The van der Waals surface area contributed by atoms with Gasteiger partial charge in [0.1, 0.15) is 11.5 Å². The van der Waals surface area contributed by atoms with E-state index in [1.165, 1.54) is 0 Å². The van der Waals surface area contributed by atoms with E-state index in [1.807, 2.05) is 24.3 Å². The van der Waals surface area contributed by atoms with E-state index in [-0.39, 0.29) is 11.8 Å². The molecule has 0 bridgehead atoms. The molecule has 100 valence electrons. The summed E-state index contributed by atoms with van der Waals surface area (Å²) in [5.74, 6) is 1.46.